The van der Waals surface area contributed by atoms with Crippen molar-refractivity contribution in [2.24, 2.45) is 0 Å². The second-order valence-corrected chi connectivity index (χ2v) is 3.53. The number of aliphatic hydroxyl groups excluding tert-OH is 1. The highest BCUT2D eigenvalue weighted by Crippen LogP contribution is 2.15. The molecule has 1 aliphatic rings. The highest BCUT2D eigenvalue weighted by atomic mass is 16.6. The molecular weight excluding hydrogens is 194 g/mol. The van der Waals surface area contributed by atoms with Crippen molar-refractivity contribution in [1.82, 2.24) is 4.90 Å². The molecule has 1 aromatic rings. The second-order valence-electron chi connectivity index (χ2n) is 3.53. The summed E-state index contributed by atoms with van der Waals surface area (Å²) in [4.78, 5) is 12.5. The van der Waals surface area contributed by atoms with Crippen LogP contribution in [0.2, 0.25) is 0 Å². The van der Waals surface area contributed by atoms with Crippen molar-refractivity contribution < 1.29 is 14.6 Å². The maximum atomic E-state index is 11.1. The predicted molar refractivity (Wildman–Crippen MR) is 54.2 cm³/mol. The minimum absolute atomic E-state index is 0.0510. The maximum absolute atomic E-state index is 11.1. The van der Waals surface area contributed by atoms with E-state index in [2.05, 4.69) is 0 Å². The number of rotatable bonds is 3. The molecule has 1 amide bonds. The Morgan fingerprint density at radius 2 is 2.13 bits per heavy atom. The van der Waals surface area contributed by atoms with Gasteiger partial charge in [-0.2, -0.15) is 0 Å². The summed E-state index contributed by atoms with van der Waals surface area (Å²) in [6.45, 7) is 0.0740. The summed E-state index contributed by atoms with van der Waals surface area (Å²) in [5.41, 5.74) is 1.14. The third-order valence-corrected chi connectivity index (χ3v) is 2.54. The lowest BCUT2D eigenvalue weighted by atomic mass is 10.1. The molecular formula is C11H13NO3. The number of nitrogens with zero attached hydrogens (tertiary/aromatic N) is 1. The third kappa shape index (κ3) is 2.10. The van der Waals surface area contributed by atoms with Crippen molar-refractivity contribution in [3.05, 3.63) is 35.9 Å². The molecule has 80 valence electrons. The first-order valence-corrected chi connectivity index (χ1v) is 4.89. The first kappa shape index (κ1) is 9.98. The molecule has 1 heterocycles. The Balaban J connectivity index is 2.04. The summed E-state index contributed by atoms with van der Waals surface area (Å²) in [7, 11) is 0. The summed E-state index contributed by atoms with van der Waals surface area (Å²) in [6, 6.07) is 9.80. The minimum Gasteiger partial charge on any atom is -0.447 e. The van der Waals surface area contributed by atoms with Crippen LogP contribution in [0, 0.1) is 0 Å². The number of hydrogen-bond donors (Lipinski definition) is 1. The summed E-state index contributed by atoms with van der Waals surface area (Å²) in [6.07, 6.45) is 0.283. The molecule has 0 saturated carbocycles. The number of benzene rings is 1. The number of carbonyl (C=O) groups is 1. The number of amides is 1. The van der Waals surface area contributed by atoms with Gasteiger partial charge in [0.1, 0.15) is 13.3 Å². The van der Waals surface area contributed by atoms with E-state index in [9.17, 15) is 4.79 Å². The molecule has 0 aromatic heterocycles. The topological polar surface area (TPSA) is 49.8 Å². The molecule has 4 nitrogen and oxygen atoms in total. The standard InChI is InChI=1S/C11H13NO3/c13-8-12-10(7-15-11(12)14)6-9-4-2-1-3-5-9/h1-5,10,13H,6-8H2/t10-/m1/s1. The van der Waals surface area contributed by atoms with Gasteiger partial charge in [0.15, 0.2) is 0 Å². The van der Waals surface area contributed by atoms with Crippen LogP contribution in [-0.2, 0) is 11.2 Å². The fourth-order valence-corrected chi connectivity index (χ4v) is 1.72. The van der Waals surface area contributed by atoms with Crippen LogP contribution < -0.4 is 0 Å². The molecule has 0 unspecified atom stereocenters. The molecule has 0 radical (unpaired) electrons. The van der Waals surface area contributed by atoms with Crippen LogP contribution in [0.5, 0.6) is 0 Å². The van der Waals surface area contributed by atoms with E-state index in [1.54, 1.807) is 0 Å². The predicted octanol–water partition coefficient (Wildman–Crippen LogP) is 1.000. The highest BCUT2D eigenvalue weighted by molar-refractivity contribution is 5.69. The van der Waals surface area contributed by atoms with E-state index >= 15 is 0 Å². The van der Waals surface area contributed by atoms with Crippen molar-refractivity contribution in [2.45, 2.75) is 12.5 Å². The summed E-state index contributed by atoms with van der Waals surface area (Å²) in [5, 5.41) is 9.01. The lowest BCUT2D eigenvalue weighted by Crippen LogP contribution is -2.35. The van der Waals surface area contributed by atoms with Crippen molar-refractivity contribution in [1.29, 1.82) is 0 Å². The van der Waals surface area contributed by atoms with Gasteiger partial charge in [-0.15, -0.1) is 0 Å². The highest BCUT2D eigenvalue weighted by Gasteiger charge is 2.31. The van der Waals surface area contributed by atoms with Gasteiger partial charge in [0, 0.05) is 0 Å². The van der Waals surface area contributed by atoms with Crippen LogP contribution in [0.4, 0.5) is 4.79 Å². The van der Waals surface area contributed by atoms with E-state index in [1.165, 1.54) is 4.90 Å². The Labute approximate surface area is 88.1 Å². The molecule has 1 saturated heterocycles. The van der Waals surface area contributed by atoms with Crippen molar-refractivity contribution >= 4 is 6.09 Å². The number of hydrogen-bond acceptors (Lipinski definition) is 3. The van der Waals surface area contributed by atoms with Gasteiger partial charge in [-0.25, -0.2) is 4.79 Å². The van der Waals surface area contributed by atoms with Gasteiger partial charge in [0.2, 0.25) is 0 Å². The van der Waals surface area contributed by atoms with Gasteiger partial charge in [-0.3, -0.25) is 4.90 Å². The van der Waals surface area contributed by atoms with Crippen molar-refractivity contribution in [3.8, 4) is 0 Å². The van der Waals surface area contributed by atoms with Crippen LogP contribution >= 0.6 is 0 Å². The van der Waals surface area contributed by atoms with E-state index in [0.717, 1.165) is 5.56 Å². The van der Waals surface area contributed by atoms with Gasteiger partial charge in [-0.05, 0) is 12.0 Å². The van der Waals surface area contributed by atoms with Crippen LogP contribution in [-0.4, -0.2) is 35.5 Å². The van der Waals surface area contributed by atoms with Crippen molar-refractivity contribution in [3.63, 3.8) is 0 Å². The van der Waals surface area contributed by atoms with Gasteiger partial charge < -0.3 is 9.84 Å². The normalized spacial score (nSPS) is 20.5. The summed E-state index contributed by atoms with van der Waals surface area (Å²) < 4.78 is 4.87. The van der Waals surface area contributed by atoms with Gasteiger partial charge in [0.05, 0.1) is 6.04 Å². The molecule has 0 spiro atoms. The zero-order chi connectivity index (χ0) is 10.7. The first-order chi connectivity index (χ1) is 7.31. The van der Waals surface area contributed by atoms with Crippen LogP contribution in [0.1, 0.15) is 5.56 Å². The van der Waals surface area contributed by atoms with Gasteiger partial charge in [0.25, 0.3) is 0 Å². The second kappa shape index (κ2) is 4.31. The Morgan fingerprint density at radius 1 is 1.40 bits per heavy atom. The summed E-state index contributed by atoms with van der Waals surface area (Å²) in [5.74, 6) is 0. The average Bonchev–Trinajstić information content (AvgIpc) is 2.61. The SMILES string of the molecule is O=C1OC[C@@H](Cc2ccccc2)N1CO. The van der Waals surface area contributed by atoms with Crippen LogP contribution in [0.3, 0.4) is 0 Å². The van der Waals surface area contributed by atoms with Crippen LogP contribution in [0.15, 0.2) is 30.3 Å². The monoisotopic (exact) mass is 207 g/mol. The summed E-state index contributed by atoms with van der Waals surface area (Å²) >= 11 is 0. The van der Waals surface area contributed by atoms with E-state index in [1.807, 2.05) is 30.3 Å². The smallest absolute Gasteiger partial charge is 0.412 e. The minimum atomic E-state index is -0.432. The molecule has 1 atom stereocenters. The molecule has 1 N–H and O–H groups in total. The van der Waals surface area contributed by atoms with E-state index in [4.69, 9.17) is 9.84 Å². The number of carbonyl (C=O) groups excluding carboxylic acids is 1. The Hall–Kier alpha value is -1.55. The Kier molecular flexibility index (Phi) is 2.87. The quantitative estimate of drug-likeness (QED) is 0.804. The molecule has 15 heavy (non-hydrogen) atoms. The number of ether oxygens (including phenoxy) is 1. The molecule has 4 heteroatoms. The lowest BCUT2D eigenvalue weighted by molar-refractivity contribution is 0.106. The zero-order valence-corrected chi connectivity index (χ0v) is 8.30. The Bertz CT molecular complexity index is 339. The molecule has 2 rings (SSSR count). The zero-order valence-electron chi connectivity index (χ0n) is 8.30. The third-order valence-electron chi connectivity index (χ3n) is 2.54. The Morgan fingerprint density at radius 3 is 2.80 bits per heavy atom. The number of cyclic esters (lactones) is 1. The molecule has 1 fully saturated rings. The molecule has 1 aliphatic heterocycles. The molecule has 1 aromatic carbocycles. The lowest BCUT2D eigenvalue weighted by Gasteiger charge is -2.18. The fourth-order valence-electron chi connectivity index (χ4n) is 1.72. The van der Waals surface area contributed by atoms with Gasteiger partial charge in [-0.1, -0.05) is 30.3 Å². The molecule has 0 bridgehead atoms. The van der Waals surface area contributed by atoms with E-state index in [0.29, 0.717) is 13.0 Å². The first-order valence-electron chi connectivity index (χ1n) is 4.89. The largest absolute Gasteiger partial charge is 0.447 e. The molecule has 0 aliphatic carbocycles. The number of aliphatic hydroxyl groups is 1. The average molecular weight is 207 g/mol. The maximum Gasteiger partial charge on any atom is 0.412 e. The fraction of sp³-hybridized carbons (Fsp3) is 0.364. The van der Waals surface area contributed by atoms with E-state index < -0.39 is 6.09 Å². The van der Waals surface area contributed by atoms with Crippen molar-refractivity contribution in [2.75, 3.05) is 13.3 Å². The van der Waals surface area contributed by atoms with Gasteiger partial charge >= 0.3 is 6.09 Å². The van der Waals surface area contributed by atoms with E-state index in [-0.39, 0.29) is 12.8 Å². The van der Waals surface area contributed by atoms with Crippen LogP contribution in [0.25, 0.3) is 0 Å².